The first-order valence-electron chi connectivity index (χ1n) is 7.07. The molecule has 0 aromatic heterocycles. The molecule has 2 bridgehead atoms. The highest BCUT2D eigenvalue weighted by Gasteiger charge is 2.40. The van der Waals surface area contributed by atoms with Crippen LogP contribution in [0.4, 0.5) is 4.39 Å². The summed E-state index contributed by atoms with van der Waals surface area (Å²) in [5.74, 6) is 2.13. The molecule has 2 aliphatic rings. The van der Waals surface area contributed by atoms with E-state index in [0.29, 0.717) is 5.92 Å². The van der Waals surface area contributed by atoms with Gasteiger partial charge in [-0.1, -0.05) is 12.5 Å². The van der Waals surface area contributed by atoms with Crippen LogP contribution in [0.25, 0.3) is 0 Å². The lowest BCUT2D eigenvalue weighted by molar-refractivity contribution is 0.125. The fourth-order valence-electron chi connectivity index (χ4n) is 4.05. The molecule has 0 heterocycles. The third-order valence-corrected chi connectivity index (χ3v) is 5.01. The standard InChI is InChI=1S/C16H21FO/c1-10-2-5-14(17)9-15(10)16(18)8-13-7-11-3-4-12(13)6-11/h2,5,9,11-13,16,18H,3-4,6-8H2,1H3. The normalized spacial score (nSPS) is 31.8. The second-order valence-corrected chi connectivity index (χ2v) is 6.19. The zero-order valence-corrected chi connectivity index (χ0v) is 10.9. The minimum absolute atomic E-state index is 0.248. The van der Waals surface area contributed by atoms with Gasteiger partial charge in [-0.05, 0) is 73.6 Å². The third-order valence-electron chi connectivity index (χ3n) is 5.01. The summed E-state index contributed by atoms with van der Waals surface area (Å²) in [6.07, 6.45) is 5.67. The van der Waals surface area contributed by atoms with E-state index in [-0.39, 0.29) is 5.82 Å². The second-order valence-electron chi connectivity index (χ2n) is 6.19. The molecule has 0 radical (unpaired) electrons. The van der Waals surface area contributed by atoms with Crippen molar-refractivity contribution in [3.63, 3.8) is 0 Å². The van der Waals surface area contributed by atoms with Crippen molar-refractivity contribution in [3.8, 4) is 0 Å². The average Bonchev–Trinajstić information content (AvgIpc) is 2.94. The Bertz CT molecular complexity index is 443. The minimum atomic E-state index is -0.495. The Morgan fingerprint density at radius 1 is 1.33 bits per heavy atom. The fourth-order valence-corrected chi connectivity index (χ4v) is 4.05. The van der Waals surface area contributed by atoms with Gasteiger partial charge in [0.15, 0.2) is 0 Å². The van der Waals surface area contributed by atoms with E-state index in [9.17, 15) is 9.50 Å². The van der Waals surface area contributed by atoms with Gasteiger partial charge < -0.3 is 5.11 Å². The quantitative estimate of drug-likeness (QED) is 0.857. The summed E-state index contributed by atoms with van der Waals surface area (Å²) in [6, 6.07) is 4.71. The molecule has 18 heavy (non-hydrogen) atoms. The van der Waals surface area contributed by atoms with Gasteiger partial charge in [0.2, 0.25) is 0 Å². The zero-order valence-electron chi connectivity index (χ0n) is 10.9. The molecule has 1 aromatic carbocycles. The topological polar surface area (TPSA) is 20.2 Å². The van der Waals surface area contributed by atoms with E-state index in [1.807, 2.05) is 6.92 Å². The van der Waals surface area contributed by atoms with Gasteiger partial charge in [0.1, 0.15) is 5.82 Å². The number of rotatable bonds is 3. The molecule has 1 nitrogen and oxygen atoms in total. The number of hydrogen-bond donors (Lipinski definition) is 1. The summed E-state index contributed by atoms with van der Waals surface area (Å²) >= 11 is 0. The van der Waals surface area contributed by atoms with Gasteiger partial charge in [-0.2, -0.15) is 0 Å². The van der Waals surface area contributed by atoms with E-state index >= 15 is 0 Å². The van der Waals surface area contributed by atoms with Crippen molar-refractivity contribution in [1.82, 2.24) is 0 Å². The molecule has 2 heteroatoms. The van der Waals surface area contributed by atoms with Gasteiger partial charge in [0.05, 0.1) is 6.10 Å². The van der Waals surface area contributed by atoms with Crippen molar-refractivity contribution in [1.29, 1.82) is 0 Å². The van der Waals surface area contributed by atoms with E-state index < -0.39 is 6.10 Å². The van der Waals surface area contributed by atoms with Gasteiger partial charge >= 0.3 is 0 Å². The Kier molecular flexibility index (Phi) is 3.14. The molecule has 0 aliphatic heterocycles. The summed E-state index contributed by atoms with van der Waals surface area (Å²) in [4.78, 5) is 0. The van der Waals surface area contributed by atoms with Gasteiger partial charge in [-0.25, -0.2) is 4.39 Å². The largest absolute Gasteiger partial charge is 0.388 e. The molecule has 0 saturated heterocycles. The molecule has 1 aromatic rings. The molecule has 3 rings (SSSR count). The van der Waals surface area contributed by atoms with Crippen LogP contribution < -0.4 is 0 Å². The van der Waals surface area contributed by atoms with Gasteiger partial charge in [-0.15, -0.1) is 0 Å². The SMILES string of the molecule is Cc1ccc(F)cc1C(O)CC1CC2CCC1C2. The van der Waals surface area contributed by atoms with Crippen LogP contribution in [0.3, 0.4) is 0 Å². The fraction of sp³-hybridized carbons (Fsp3) is 0.625. The van der Waals surface area contributed by atoms with Crippen LogP contribution in [0.1, 0.15) is 49.3 Å². The lowest BCUT2D eigenvalue weighted by atomic mass is 9.83. The summed E-state index contributed by atoms with van der Waals surface area (Å²) < 4.78 is 13.3. The molecule has 2 aliphatic carbocycles. The molecule has 1 N–H and O–H groups in total. The lowest BCUT2D eigenvalue weighted by Crippen LogP contribution is -2.15. The van der Waals surface area contributed by atoms with E-state index in [0.717, 1.165) is 29.4 Å². The first-order chi connectivity index (χ1) is 8.63. The van der Waals surface area contributed by atoms with Crippen molar-refractivity contribution in [3.05, 3.63) is 35.1 Å². The summed E-state index contributed by atoms with van der Waals surface area (Å²) in [6.45, 7) is 1.94. The molecule has 2 saturated carbocycles. The molecule has 0 amide bonds. The van der Waals surface area contributed by atoms with Crippen LogP contribution in [-0.4, -0.2) is 5.11 Å². The first-order valence-corrected chi connectivity index (χ1v) is 7.07. The highest BCUT2D eigenvalue weighted by atomic mass is 19.1. The highest BCUT2D eigenvalue weighted by molar-refractivity contribution is 5.28. The Labute approximate surface area is 108 Å². The summed E-state index contributed by atoms with van der Waals surface area (Å²) in [5, 5.41) is 10.3. The minimum Gasteiger partial charge on any atom is -0.388 e. The van der Waals surface area contributed by atoms with Gasteiger partial charge in [0.25, 0.3) is 0 Å². The summed E-state index contributed by atoms with van der Waals surface area (Å²) in [7, 11) is 0. The van der Waals surface area contributed by atoms with Crippen molar-refractivity contribution in [2.75, 3.05) is 0 Å². The molecule has 4 atom stereocenters. The van der Waals surface area contributed by atoms with Crippen molar-refractivity contribution in [2.45, 2.75) is 45.1 Å². The van der Waals surface area contributed by atoms with Crippen LogP contribution >= 0.6 is 0 Å². The predicted octanol–water partition coefficient (Wildman–Crippen LogP) is 3.99. The van der Waals surface area contributed by atoms with Crippen molar-refractivity contribution >= 4 is 0 Å². The van der Waals surface area contributed by atoms with Gasteiger partial charge in [0, 0.05) is 0 Å². The van der Waals surface area contributed by atoms with E-state index in [1.165, 1.54) is 37.8 Å². The lowest BCUT2D eigenvalue weighted by Gasteiger charge is -2.25. The molecule has 2 fully saturated rings. The molecule has 98 valence electrons. The number of aliphatic hydroxyl groups excluding tert-OH is 1. The number of halogens is 1. The Morgan fingerprint density at radius 2 is 2.17 bits per heavy atom. The monoisotopic (exact) mass is 248 g/mol. The first kappa shape index (κ1) is 12.2. The molecule has 4 unspecified atom stereocenters. The highest BCUT2D eigenvalue weighted by Crippen LogP contribution is 2.51. The van der Waals surface area contributed by atoms with Crippen molar-refractivity contribution < 1.29 is 9.50 Å². The Hall–Kier alpha value is -0.890. The zero-order chi connectivity index (χ0) is 12.7. The maximum absolute atomic E-state index is 13.3. The van der Waals surface area contributed by atoms with E-state index in [2.05, 4.69) is 0 Å². The third kappa shape index (κ3) is 2.18. The maximum atomic E-state index is 13.3. The molecular weight excluding hydrogens is 227 g/mol. The molecular formula is C16H21FO. The molecule has 0 spiro atoms. The Morgan fingerprint density at radius 3 is 2.83 bits per heavy atom. The number of aryl methyl sites for hydroxylation is 1. The average molecular weight is 248 g/mol. The predicted molar refractivity (Wildman–Crippen MR) is 69.7 cm³/mol. The van der Waals surface area contributed by atoms with E-state index in [1.54, 1.807) is 6.07 Å². The maximum Gasteiger partial charge on any atom is 0.123 e. The van der Waals surface area contributed by atoms with Crippen molar-refractivity contribution in [2.24, 2.45) is 17.8 Å². The summed E-state index contributed by atoms with van der Waals surface area (Å²) in [5.41, 5.74) is 1.77. The van der Waals surface area contributed by atoms with Crippen LogP contribution in [0.15, 0.2) is 18.2 Å². The smallest absolute Gasteiger partial charge is 0.123 e. The second kappa shape index (κ2) is 4.65. The van der Waals surface area contributed by atoms with E-state index in [4.69, 9.17) is 0 Å². The van der Waals surface area contributed by atoms with Crippen LogP contribution in [0, 0.1) is 30.5 Å². The van der Waals surface area contributed by atoms with Gasteiger partial charge in [-0.3, -0.25) is 0 Å². The number of fused-ring (bicyclic) bond motifs is 2. The van der Waals surface area contributed by atoms with Crippen LogP contribution in [-0.2, 0) is 0 Å². The number of benzene rings is 1. The van der Waals surface area contributed by atoms with Crippen LogP contribution in [0.5, 0.6) is 0 Å². The van der Waals surface area contributed by atoms with Crippen LogP contribution in [0.2, 0.25) is 0 Å². The number of aliphatic hydroxyl groups is 1. The Balaban J connectivity index is 1.71. The number of hydrogen-bond acceptors (Lipinski definition) is 1.